The van der Waals surface area contributed by atoms with Crippen molar-refractivity contribution < 1.29 is 22.7 Å². The Balaban J connectivity index is 1.96. The summed E-state index contributed by atoms with van der Waals surface area (Å²) < 4.78 is 34.8. The number of hydrogen-bond donors (Lipinski definition) is 0. The Morgan fingerprint density at radius 3 is 2.58 bits per heavy atom. The Morgan fingerprint density at radius 2 is 2.04 bits per heavy atom. The SMILES string of the molecule is COC(=O)c1ccc(OCC2CCN(S(C)(=O)=O)CC2)c(C#N)c1. The second-order valence-electron chi connectivity index (χ2n) is 5.73. The molecule has 1 fully saturated rings. The van der Waals surface area contributed by atoms with Crippen LogP contribution in [0.15, 0.2) is 18.2 Å². The van der Waals surface area contributed by atoms with Gasteiger partial charge in [0.05, 0.1) is 31.1 Å². The van der Waals surface area contributed by atoms with Crippen molar-refractivity contribution in [2.45, 2.75) is 12.8 Å². The largest absolute Gasteiger partial charge is 0.492 e. The Labute approximate surface area is 141 Å². The number of esters is 1. The van der Waals surface area contributed by atoms with E-state index in [-0.39, 0.29) is 11.5 Å². The third-order valence-electron chi connectivity index (χ3n) is 4.04. The van der Waals surface area contributed by atoms with Gasteiger partial charge in [0.25, 0.3) is 0 Å². The molecule has 0 atom stereocenters. The van der Waals surface area contributed by atoms with Gasteiger partial charge in [-0.1, -0.05) is 0 Å². The number of benzene rings is 1. The molecule has 0 aromatic heterocycles. The minimum Gasteiger partial charge on any atom is -0.492 e. The molecule has 24 heavy (non-hydrogen) atoms. The summed E-state index contributed by atoms with van der Waals surface area (Å²) in [4.78, 5) is 11.5. The van der Waals surface area contributed by atoms with Gasteiger partial charge in [0, 0.05) is 13.1 Å². The number of nitrogens with zero attached hydrogens (tertiary/aromatic N) is 2. The highest BCUT2D eigenvalue weighted by atomic mass is 32.2. The lowest BCUT2D eigenvalue weighted by molar-refractivity contribution is 0.0600. The van der Waals surface area contributed by atoms with Crippen molar-refractivity contribution in [2.75, 3.05) is 33.1 Å². The zero-order chi connectivity index (χ0) is 17.7. The standard InChI is InChI=1S/C16H20N2O5S/c1-22-16(19)13-3-4-15(14(9-13)10-17)23-11-12-5-7-18(8-6-12)24(2,20)21/h3-4,9,12H,5-8,11H2,1-2H3. The average Bonchev–Trinajstić information content (AvgIpc) is 2.58. The van der Waals surface area contributed by atoms with Gasteiger partial charge in [-0.25, -0.2) is 17.5 Å². The zero-order valence-corrected chi connectivity index (χ0v) is 14.5. The van der Waals surface area contributed by atoms with E-state index in [1.807, 2.05) is 6.07 Å². The molecule has 0 radical (unpaired) electrons. The molecule has 2 rings (SSSR count). The summed E-state index contributed by atoms with van der Waals surface area (Å²) in [6, 6.07) is 6.58. The Morgan fingerprint density at radius 1 is 1.38 bits per heavy atom. The number of methoxy groups -OCH3 is 1. The van der Waals surface area contributed by atoms with Crippen molar-refractivity contribution in [2.24, 2.45) is 5.92 Å². The highest BCUT2D eigenvalue weighted by Gasteiger charge is 2.25. The molecular formula is C16H20N2O5S. The first-order chi connectivity index (χ1) is 11.3. The van der Waals surface area contributed by atoms with E-state index in [2.05, 4.69) is 4.74 Å². The quantitative estimate of drug-likeness (QED) is 0.743. The molecule has 0 N–H and O–H groups in total. The Bertz CT molecular complexity index is 746. The number of sulfonamides is 1. The van der Waals surface area contributed by atoms with Gasteiger partial charge in [0.1, 0.15) is 11.8 Å². The van der Waals surface area contributed by atoms with E-state index in [9.17, 15) is 18.5 Å². The monoisotopic (exact) mass is 352 g/mol. The highest BCUT2D eigenvalue weighted by molar-refractivity contribution is 7.88. The first-order valence-corrected chi connectivity index (χ1v) is 9.40. The van der Waals surface area contributed by atoms with E-state index in [1.165, 1.54) is 23.7 Å². The van der Waals surface area contributed by atoms with Crippen LogP contribution in [-0.2, 0) is 14.8 Å². The molecule has 1 saturated heterocycles. The van der Waals surface area contributed by atoms with Crippen molar-refractivity contribution in [3.8, 4) is 11.8 Å². The van der Waals surface area contributed by atoms with E-state index < -0.39 is 16.0 Å². The van der Waals surface area contributed by atoms with E-state index in [4.69, 9.17) is 4.74 Å². The number of piperidine rings is 1. The Kier molecular flexibility index (Phi) is 5.80. The molecule has 0 amide bonds. The molecule has 0 unspecified atom stereocenters. The average molecular weight is 352 g/mol. The van der Waals surface area contributed by atoms with Crippen molar-refractivity contribution in [3.63, 3.8) is 0 Å². The second kappa shape index (κ2) is 7.64. The van der Waals surface area contributed by atoms with Crippen LogP contribution in [0.25, 0.3) is 0 Å². The predicted octanol–water partition coefficient (Wildman–Crippen LogP) is 1.40. The maximum Gasteiger partial charge on any atom is 0.337 e. The predicted molar refractivity (Wildman–Crippen MR) is 87.1 cm³/mol. The van der Waals surface area contributed by atoms with Crippen LogP contribution in [0.3, 0.4) is 0 Å². The summed E-state index contributed by atoms with van der Waals surface area (Å²) in [5.74, 6) is 0.136. The van der Waals surface area contributed by atoms with E-state index in [1.54, 1.807) is 12.1 Å². The van der Waals surface area contributed by atoms with Gasteiger partial charge in [-0.2, -0.15) is 5.26 Å². The summed E-state index contributed by atoms with van der Waals surface area (Å²) in [5, 5.41) is 9.20. The fourth-order valence-corrected chi connectivity index (χ4v) is 3.48. The van der Waals surface area contributed by atoms with Crippen molar-refractivity contribution in [1.82, 2.24) is 4.31 Å². The molecular weight excluding hydrogens is 332 g/mol. The summed E-state index contributed by atoms with van der Waals surface area (Å²) in [6.45, 7) is 1.38. The van der Waals surface area contributed by atoms with Gasteiger partial charge < -0.3 is 9.47 Å². The van der Waals surface area contributed by atoms with E-state index >= 15 is 0 Å². The smallest absolute Gasteiger partial charge is 0.337 e. The molecule has 0 spiro atoms. The minimum absolute atomic E-state index is 0.231. The van der Waals surface area contributed by atoms with Crippen LogP contribution < -0.4 is 4.74 Å². The molecule has 1 aromatic rings. The molecule has 0 aliphatic carbocycles. The lowest BCUT2D eigenvalue weighted by atomic mass is 9.99. The molecule has 1 aromatic carbocycles. The van der Waals surface area contributed by atoms with Crippen LogP contribution in [0.4, 0.5) is 0 Å². The van der Waals surface area contributed by atoms with Crippen LogP contribution in [0, 0.1) is 17.2 Å². The zero-order valence-electron chi connectivity index (χ0n) is 13.7. The molecule has 8 heteroatoms. The molecule has 1 aliphatic heterocycles. The van der Waals surface area contributed by atoms with Gasteiger partial charge in [-0.05, 0) is 37.0 Å². The van der Waals surface area contributed by atoms with Crippen molar-refractivity contribution in [3.05, 3.63) is 29.3 Å². The number of ether oxygens (including phenoxy) is 2. The topological polar surface area (TPSA) is 96.7 Å². The number of carbonyl (C=O) groups excluding carboxylic acids is 1. The summed E-state index contributed by atoms with van der Waals surface area (Å²) in [5.41, 5.74) is 0.564. The van der Waals surface area contributed by atoms with Crippen LogP contribution in [0.1, 0.15) is 28.8 Å². The van der Waals surface area contributed by atoms with Crippen molar-refractivity contribution >= 4 is 16.0 Å². The lowest BCUT2D eigenvalue weighted by Crippen LogP contribution is -2.39. The minimum atomic E-state index is -3.14. The molecule has 7 nitrogen and oxygen atoms in total. The van der Waals surface area contributed by atoms with Crippen LogP contribution in [-0.4, -0.2) is 51.8 Å². The molecule has 1 aliphatic rings. The molecule has 0 saturated carbocycles. The first kappa shape index (κ1) is 18.2. The summed E-state index contributed by atoms with van der Waals surface area (Å²) in [7, 11) is -1.86. The summed E-state index contributed by atoms with van der Waals surface area (Å²) in [6.07, 6.45) is 2.65. The fraction of sp³-hybridized carbons (Fsp3) is 0.500. The van der Waals surface area contributed by atoms with Gasteiger partial charge >= 0.3 is 5.97 Å². The van der Waals surface area contributed by atoms with Crippen LogP contribution in [0.5, 0.6) is 5.75 Å². The molecule has 130 valence electrons. The Hall–Kier alpha value is -2.11. The van der Waals surface area contributed by atoms with Gasteiger partial charge in [0.2, 0.25) is 10.0 Å². The van der Waals surface area contributed by atoms with Gasteiger partial charge in [-0.3, -0.25) is 0 Å². The molecule has 0 bridgehead atoms. The maximum atomic E-state index is 11.5. The van der Waals surface area contributed by atoms with Crippen molar-refractivity contribution in [1.29, 1.82) is 5.26 Å². The highest BCUT2D eigenvalue weighted by Crippen LogP contribution is 2.24. The second-order valence-corrected chi connectivity index (χ2v) is 7.71. The lowest BCUT2D eigenvalue weighted by Gasteiger charge is -2.30. The first-order valence-electron chi connectivity index (χ1n) is 7.55. The number of rotatable bonds is 5. The normalized spacial score (nSPS) is 16.4. The third kappa shape index (κ3) is 4.46. The van der Waals surface area contributed by atoms with Crippen LogP contribution in [0.2, 0.25) is 0 Å². The molecule has 1 heterocycles. The number of hydrogen-bond acceptors (Lipinski definition) is 6. The van der Waals surface area contributed by atoms with E-state index in [0.29, 0.717) is 31.0 Å². The fourth-order valence-electron chi connectivity index (χ4n) is 2.60. The van der Waals surface area contributed by atoms with Crippen LogP contribution >= 0.6 is 0 Å². The number of carbonyl (C=O) groups is 1. The van der Waals surface area contributed by atoms with Gasteiger partial charge in [-0.15, -0.1) is 0 Å². The van der Waals surface area contributed by atoms with Gasteiger partial charge in [0.15, 0.2) is 0 Å². The third-order valence-corrected chi connectivity index (χ3v) is 5.34. The van der Waals surface area contributed by atoms with E-state index in [0.717, 1.165) is 12.8 Å². The summed E-state index contributed by atoms with van der Waals surface area (Å²) >= 11 is 0. The number of nitriles is 1. The maximum absolute atomic E-state index is 11.5.